The minimum atomic E-state index is -1.79. The van der Waals surface area contributed by atoms with Gasteiger partial charge in [-0.2, -0.15) is 0 Å². The summed E-state index contributed by atoms with van der Waals surface area (Å²) in [4.78, 5) is 36.5. The van der Waals surface area contributed by atoms with Crippen LogP contribution in [0.2, 0.25) is 0 Å². The van der Waals surface area contributed by atoms with E-state index in [4.69, 9.17) is 0 Å². The zero-order valence-corrected chi connectivity index (χ0v) is 15.1. The van der Waals surface area contributed by atoms with E-state index < -0.39 is 41.3 Å². The number of aliphatic hydroxyl groups is 1. The third-order valence-electron chi connectivity index (χ3n) is 4.11. The molecule has 26 heavy (non-hydrogen) atoms. The number of aliphatic hydroxyl groups excluding tert-OH is 1. The number of Topliss-reactive ketones (excluding diaryl/α,β-unsaturated/α-hetero) is 2. The normalized spacial score (nSPS) is 12.0. The van der Waals surface area contributed by atoms with Gasteiger partial charge in [0.1, 0.15) is 0 Å². The van der Waals surface area contributed by atoms with Gasteiger partial charge in [0.25, 0.3) is 0 Å². The SMILES string of the molecule is CCC(=O)C(CC=C(CO)c1cccc(F)c1F)(NC(C)=O)C(=O)CC. The van der Waals surface area contributed by atoms with Gasteiger partial charge < -0.3 is 10.4 Å². The zero-order valence-electron chi connectivity index (χ0n) is 15.1. The van der Waals surface area contributed by atoms with Crippen LogP contribution < -0.4 is 5.32 Å². The lowest BCUT2D eigenvalue weighted by atomic mass is 9.82. The number of carbonyl (C=O) groups excluding carboxylic acids is 3. The average Bonchev–Trinajstić information content (AvgIpc) is 2.62. The predicted octanol–water partition coefficient (Wildman–Crippen LogP) is 2.56. The van der Waals surface area contributed by atoms with Gasteiger partial charge in [-0.1, -0.05) is 32.1 Å². The summed E-state index contributed by atoms with van der Waals surface area (Å²) in [5, 5.41) is 12.0. The van der Waals surface area contributed by atoms with Crippen molar-refractivity contribution < 1.29 is 28.3 Å². The van der Waals surface area contributed by atoms with Gasteiger partial charge in [0.05, 0.1) is 6.61 Å². The second-order valence-corrected chi connectivity index (χ2v) is 5.83. The molecule has 0 aliphatic heterocycles. The van der Waals surface area contributed by atoms with Crippen molar-refractivity contribution in [2.24, 2.45) is 0 Å². The van der Waals surface area contributed by atoms with Crippen molar-refractivity contribution in [2.75, 3.05) is 6.61 Å². The first-order valence-corrected chi connectivity index (χ1v) is 8.33. The lowest BCUT2D eigenvalue weighted by Crippen LogP contribution is -2.59. The molecule has 0 atom stereocenters. The van der Waals surface area contributed by atoms with Crippen molar-refractivity contribution in [1.82, 2.24) is 5.32 Å². The van der Waals surface area contributed by atoms with E-state index >= 15 is 0 Å². The summed E-state index contributed by atoms with van der Waals surface area (Å²) in [5.74, 6) is -3.77. The van der Waals surface area contributed by atoms with Crippen LogP contribution in [0, 0.1) is 11.6 Å². The number of hydrogen-bond acceptors (Lipinski definition) is 4. The smallest absolute Gasteiger partial charge is 0.218 e. The minimum absolute atomic E-state index is 0.00262. The Balaban J connectivity index is 3.41. The molecular formula is C19H23F2NO4. The van der Waals surface area contributed by atoms with Crippen LogP contribution in [0.3, 0.4) is 0 Å². The number of nitrogens with one attached hydrogen (secondary N) is 1. The minimum Gasteiger partial charge on any atom is -0.392 e. The van der Waals surface area contributed by atoms with Crippen LogP contribution in [-0.4, -0.2) is 34.7 Å². The quantitative estimate of drug-likeness (QED) is 0.657. The maximum absolute atomic E-state index is 14.0. The summed E-state index contributed by atoms with van der Waals surface area (Å²) in [6, 6.07) is 3.51. The molecule has 0 unspecified atom stereocenters. The number of carbonyl (C=O) groups is 3. The van der Waals surface area contributed by atoms with Gasteiger partial charge in [-0.15, -0.1) is 0 Å². The van der Waals surface area contributed by atoms with Gasteiger partial charge >= 0.3 is 0 Å². The summed E-state index contributed by atoms with van der Waals surface area (Å²) < 4.78 is 27.4. The molecule has 5 nitrogen and oxygen atoms in total. The second-order valence-electron chi connectivity index (χ2n) is 5.83. The topological polar surface area (TPSA) is 83.5 Å². The van der Waals surface area contributed by atoms with Gasteiger partial charge in [0.15, 0.2) is 28.7 Å². The van der Waals surface area contributed by atoms with E-state index in [1.165, 1.54) is 25.1 Å². The van der Waals surface area contributed by atoms with E-state index in [1.807, 2.05) is 0 Å². The number of halogens is 2. The van der Waals surface area contributed by atoms with Crippen LogP contribution in [0.15, 0.2) is 24.3 Å². The van der Waals surface area contributed by atoms with Crippen LogP contribution in [0.25, 0.3) is 5.57 Å². The van der Waals surface area contributed by atoms with Gasteiger partial charge in [-0.25, -0.2) is 8.78 Å². The Bertz CT molecular complexity index is 712. The highest BCUT2D eigenvalue weighted by Gasteiger charge is 2.43. The monoisotopic (exact) mass is 367 g/mol. The molecule has 0 heterocycles. The fourth-order valence-electron chi connectivity index (χ4n) is 2.77. The number of hydrogen-bond donors (Lipinski definition) is 2. The second kappa shape index (κ2) is 9.33. The summed E-state index contributed by atoms with van der Waals surface area (Å²) in [7, 11) is 0. The summed E-state index contributed by atoms with van der Waals surface area (Å²) in [5.41, 5.74) is -1.94. The Hall–Kier alpha value is -2.41. The van der Waals surface area contributed by atoms with Crippen LogP contribution in [0.4, 0.5) is 8.78 Å². The summed E-state index contributed by atoms with van der Waals surface area (Å²) in [6.07, 6.45) is 1.03. The molecule has 0 aliphatic carbocycles. The molecule has 1 aromatic carbocycles. The van der Waals surface area contributed by atoms with E-state index in [0.717, 1.165) is 6.07 Å². The van der Waals surface area contributed by atoms with Crippen molar-refractivity contribution in [1.29, 1.82) is 0 Å². The van der Waals surface area contributed by atoms with E-state index in [1.54, 1.807) is 13.8 Å². The van der Waals surface area contributed by atoms with Crippen LogP contribution >= 0.6 is 0 Å². The Morgan fingerprint density at radius 2 is 1.73 bits per heavy atom. The van der Waals surface area contributed by atoms with Gasteiger partial charge in [0, 0.05) is 31.7 Å². The molecule has 7 heteroatoms. The molecule has 0 aliphatic rings. The fraction of sp³-hybridized carbons (Fsp3) is 0.421. The Morgan fingerprint density at radius 1 is 1.15 bits per heavy atom. The Morgan fingerprint density at radius 3 is 2.19 bits per heavy atom. The van der Waals surface area contributed by atoms with Crippen LogP contribution in [0.5, 0.6) is 0 Å². The maximum atomic E-state index is 14.0. The first-order valence-electron chi connectivity index (χ1n) is 8.33. The van der Waals surface area contributed by atoms with Crippen molar-refractivity contribution >= 4 is 23.0 Å². The molecule has 0 spiro atoms. The molecule has 0 aromatic heterocycles. The molecule has 0 saturated carbocycles. The molecule has 0 radical (unpaired) electrons. The first-order chi connectivity index (χ1) is 12.2. The van der Waals surface area contributed by atoms with Crippen molar-refractivity contribution in [3.63, 3.8) is 0 Å². The molecule has 1 rings (SSSR count). The van der Waals surface area contributed by atoms with Crippen molar-refractivity contribution in [3.8, 4) is 0 Å². The molecular weight excluding hydrogens is 344 g/mol. The lowest BCUT2D eigenvalue weighted by molar-refractivity contribution is -0.140. The van der Waals surface area contributed by atoms with E-state index in [2.05, 4.69) is 5.32 Å². The molecule has 142 valence electrons. The molecule has 0 bridgehead atoms. The van der Waals surface area contributed by atoms with E-state index in [-0.39, 0.29) is 30.4 Å². The number of amides is 1. The van der Waals surface area contributed by atoms with Gasteiger partial charge in [-0.3, -0.25) is 14.4 Å². The summed E-state index contributed by atoms with van der Waals surface area (Å²) in [6.45, 7) is 3.68. The van der Waals surface area contributed by atoms with Crippen LogP contribution in [0.1, 0.15) is 45.6 Å². The fourth-order valence-corrected chi connectivity index (χ4v) is 2.77. The van der Waals surface area contributed by atoms with Crippen LogP contribution in [-0.2, 0) is 14.4 Å². The highest BCUT2D eigenvalue weighted by molar-refractivity contribution is 6.13. The first kappa shape index (κ1) is 21.6. The average molecular weight is 367 g/mol. The van der Waals surface area contributed by atoms with Gasteiger partial charge in [-0.05, 0) is 11.6 Å². The zero-order chi connectivity index (χ0) is 19.9. The number of ketones is 2. The Labute approximate surface area is 151 Å². The van der Waals surface area contributed by atoms with Crippen molar-refractivity contribution in [3.05, 3.63) is 41.5 Å². The highest BCUT2D eigenvalue weighted by atomic mass is 19.2. The summed E-state index contributed by atoms with van der Waals surface area (Å²) >= 11 is 0. The predicted molar refractivity (Wildman–Crippen MR) is 93.2 cm³/mol. The van der Waals surface area contributed by atoms with Gasteiger partial charge in [0.2, 0.25) is 5.91 Å². The number of rotatable bonds is 9. The highest BCUT2D eigenvalue weighted by Crippen LogP contribution is 2.25. The molecule has 1 amide bonds. The molecule has 1 aromatic rings. The third kappa shape index (κ3) is 4.60. The molecule has 0 fully saturated rings. The lowest BCUT2D eigenvalue weighted by Gasteiger charge is -2.30. The van der Waals surface area contributed by atoms with E-state index in [0.29, 0.717) is 0 Å². The molecule has 2 N–H and O–H groups in total. The maximum Gasteiger partial charge on any atom is 0.218 e. The molecule has 0 saturated heterocycles. The van der Waals surface area contributed by atoms with E-state index in [9.17, 15) is 28.3 Å². The largest absolute Gasteiger partial charge is 0.392 e. The Kier molecular flexibility index (Phi) is 7.76. The van der Waals surface area contributed by atoms with Crippen molar-refractivity contribution in [2.45, 2.75) is 45.6 Å². The number of benzene rings is 1. The standard InChI is InChI=1S/C19H23F2NO4/c1-4-16(25)19(17(26)5-2,22-12(3)24)10-9-13(11-23)14-7-6-8-15(20)18(14)21/h6-9,23H,4-5,10-11H2,1-3H3,(H,22,24). The third-order valence-corrected chi connectivity index (χ3v) is 4.11.